The molecule has 2 aromatic heterocycles. The fourth-order valence-electron chi connectivity index (χ4n) is 2.20. The topological polar surface area (TPSA) is 50.9 Å². The van der Waals surface area contributed by atoms with Gasteiger partial charge in [0.25, 0.3) is 0 Å². The van der Waals surface area contributed by atoms with Crippen molar-refractivity contribution in [3.8, 4) is 17.1 Å². The summed E-state index contributed by atoms with van der Waals surface area (Å²) in [4.78, 5) is 8.34. The van der Waals surface area contributed by atoms with Gasteiger partial charge >= 0.3 is 6.18 Å². The Morgan fingerprint density at radius 1 is 1.22 bits per heavy atom. The van der Waals surface area contributed by atoms with Crippen molar-refractivity contribution in [2.45, 2.75) is 6.18 Å². The van der Waals surface area contributed by atoms with Crippen molar-refractivity contribution in [3.05, 3.63) is 39.5 Å². The molecule has 0 aliphatic carbocycles. The normalized spacial score (nSPS) is 12.1. The maximum Gasteiger partial charge on any atom is 0.416 e. The second-order valence-electron chi connectivity index (χ2n) is 4.83. The van der Waals surface area contributed by atoms with Gasteiger partial charge in [-0.15, -0.1) is 0 Å². The van der Waals surface area contributed by atoms with E-state index in [1.807, 2.05) is 0 Å². The average molecular weight is 407 g/mol. The molecule has 2 heterocycles. The number of alkyl halides is 3. The van der Waals surface area contributed by atoms with Gasteiger partial charge < -0.3 is 9.67 Å². The van der Waals surface area contributed by atoms with Crippen LogP contribution in [0, 0.1) is 0 Å². The van der Waals surface area contributed by atoms with Crippen molar-refractivity contribution in [2.24, 2.45) is 7.05 Å². The van der Waals surface area contributed by atoms with Crippen LogP contribution < -0.4 is 0 Å². The van der Waals surface area contributed by atoms with Gasteiger partial charge in [-0.3, -0.25) is 0 Å². The monoisotopic (exact) mass is 405 g/mol. The molecule has 0 spiro atoms. The zero-order valence-electron chi connectivity index (χ0n) is 11.5. The Kier molecular flexibility index (Phi) is 3.76. The zero-order chi connectivity index (χ0) is 16.9. The van der Waals surface area contributed by atoms with Crippen LogP contribution in [0.25, 0.3) is 22.6 Å². The summed E-state index contributed by atoms with van der Waals surface area (Å²) in [6.45, 7) is 0. The molecule has 0 bridgehead atoms. The zero-order valence-corrected chi connectivity index (χ0v) is 13.8. The summed E-state index contributed by atoms with van der Waals surface area (Å²) in [7, 11) is 1.67. The number of benzene rings is 1. The van der Waals surface area contributed by atoms with Gasteiger partial charge in [0.2, 0.25) is 0 Å². The molecule has 0 atom stereocenters. The Morgan fingerprint density at radius 2 is 1.91 bits per heavy atom. The fourth-order valence-corrected chi connectivity index (χ4v) is 2.64. The molecule has 23 heavy (non-hydrogen) atoms. The number of imidazole rings is 1. The molecule has 0 saturated carbocycles. The van der Waals surface area contributed by atoms with Crippen LogP contribution in [0.2, 0.25) is 5.15 Å². The summed E-state index contributed by atoms with van der Waals surface area (Å²) in [6.07, 6.45) is -4.53. The lowest BCUT2D eigenvalue weighted by atomic mass is 10.1. The Morgan fingerprint density at radius 3 is 2.52 bits per heavy atom. The molecular formula is C14H8BrClF3N3O. The third kappa shape index (κ3) is 2.76. The smallest absolute Gasteiger partial charge is 0.416 e. The Hall–Kier alpha value is -1.80. The summed E-state index contributed by atoms with van der Waals surface area (Å²) >= 11 is 9.17. The second-order valence-corrected chi connectivity index (χ2v) is 6.04. The van der Waals surface area contributed by atoms with Gasteiger partial charge in [0.05, 0.1) is 21.1 Å². The van der Waals surface area contributed by atoms with Crippen molar-refractivity contribution < 1.29 is 18.3 Å². The number of halogens is 5. The van der Waals surface area contributed by atoms with Crippen LogP contribution >= 0.6 is 27.5 Å². The number of fused-ring (bicyclic) bond motifs is 1. The first-order valence-electron chi connectivity index (χ1n) is 6.27. The summed E-state index contributed by atoms with van der Waals surface area (Å²) in [5.41, 5.74) is 0.192. The quantitative estimate of drug-likeness (QED) is 0.592. The lowest BCUT2D eigenvalue weighted by Gasteiger charge is -2.10. The maximum absolute atomic E-state index is 12.7. The molecular weight excluding hydrogens is 399 g/mol. The molecule has 0 unspecified atom stereocenters. The van der Waals surface area contributed by atoms with Gasteiger partial charge in [0.1, 0.15) is 16.7 Å². The predicted molar refractivity (Wildman–Crippen MR) is 83.3 cm³/mol. The molecule has 0 aliphatic rings. The van der Waals surface area contributed by atoms with Gasteiger partial charge in [-0.05, 0) is 40.2 Å². The highest BCUT2D eigenvalue weighted by Crippen LogP contribution is 2.37. The van der Waals surface area contributed by atoms with Crippen molar-refractivity contribution >= 4 is 38.7 Å². The van der Waals surface area contributed by atoms with E-state index in [4.69, 9.17) is 11.6 Å². The number of aryl methyl sites for hydroxylation is 1. The van der Waals surface area contributed by atoms with Crippen LogP contribution in [0.5, 0.6) is 5.75 Å². The largest absolute Gasteiger partial charge is 0.507 e. The molecule has 3 aromatic rings. The standard InChI is InChI=1S/C14H8BrClF3N3O/c1-22-9-5-8(15)11(16)20-12(9)21-13(22)7-3-2-6(4-10(7)23)14(17,18)19/h2-5,23H,1H3. The SMILES string of the molecule is Cn1c(-c2ccc(C(F)(F)F)cc2O)nc2nc(Cl)c(Br)cc21. The summed E-state index contributed by atoms with van der Waals surface area (Å²) < 4.78 is 40.2. The maximum atomic E-state index is 12.7. The second kappa shape index (κ2) is 5.38. The first-order chi connectivity index (χ1) is 10.7. The van der Waals surface area contributed by atoms with Crippen molar-refractivity contribution in [1.82, 2.24) is 14.5 Å². The first kappa shape index (κ1) is 16.1. The summed E-state index contributed by atoms with van der Waals surface area (Å²) in [5, 5.41) is 10.2. The minimum Gasteiger partial charge on any atom is -0.507 e. The summed E-state index contributed by atoms with van der Waals surface area (Å²) in [5.74, 6) is -0.226. The number of hydrogen-bond acceptors (Lipinski definition) is 3. The van der Waals surface area contributed by atoms with E-state index >= 15 is 0 Å². The van der Waals surface area contributed by atoms with E-state index < -0.39 is 17.5 Å². The Balaban J connectivity index is 2.19. The highest BCUT2D eigenvalue weighted by molar-refractivity contribution is 9.10. The molecule has 0 radical (unpaired) electrons. The van der Waals surface area contributed by atoms with Crippen LogP contribution in [-0.4, -0.2) is 19.6 Å². The highest BCUT2D eigenvalue weighted by atomic mass is 79.9. The Labute approximate surface area is 141 Å². The Bertz CT molecular complexity index is 924. The summed E-state index contributed by atoms with van der Waals surface area (Å²) in [6, 6.07) is 4.44. The number of phenols is 1. The minimum atomic E-state index is -4.53. The third-order valence-corrected chi connectivity index (χ3v) is 4.47. The van der Waals surface area contributed by atoms with Crippen molar-refractivity contribution in [2.75, 3.05) is 0 Å². The van der Waals surface area contributed by atoms with Gasteiger partial charge in [0.15, 0.2) is 5.65 Å². The van der Waals surface area contributed by atoms with Crippen molar-refractivity contribution in [3.63, 3.8) is 0 Å². The van der Waals surface area contributed by atoms with Crippen LogP contribution in [0.4, 0.5) is 13.2 Å². The molecule has 3 rings (SSSR count). The molecule has 0 amide bonds. The lowest BCUT2D eigenvalue weighted by molar-refractivity contribution is -0.137. The molecule has 4 nitrogen and oxygen atoms in total. The molecule has 1 N–H and O–H groups in total. The van der Waals surface area contributed by atoms with Crippen LogP contribution in [0.15, 0.2) is 28.7 Å². The van der Waals surface area contributed by atoms with E-state index in [2.05, 4.69) is 25.9 Å². The van der Waals surface area contributed by atoms with Gasteiger partial charge in [-0.1, -0.05) is 11.6 Å². The number of rotatable bonds is 1. The van der Waals surface area contributed by atoms with E-state index in [-0.39, 0.29) is 16.5 Å². The third-order valence-electron chi connectivity index (χ3n) is 3.35. The molecule has 9 heteroatoms. The molecule has 0 fully saturated rings. The van der Waals surface area contributed by atoms with E-state index in [9.17, 15) is 18.3 Å². The molecule has 120 valence electrons. The van der Waals surface area contributed by atoms with Gasteiger partial charge in [-0.25, -0.2) is 9.97 Å². The number of aromatic nitrogens is 3. The average Bonchev–Trinajstić information content (AvgIpc) is 2.75. The lowest BCUT2D eigenvalue weighted by Crippen LogP contribution is -2.04. The number of aromatic hydroxyl groups is 1. The van der Waals surface area contributed by atoms with Crippen LogP contribution in [-0.2, 0) is 13.2 Å². The molecule has 1 aromatic carbocycles. The van der Waals surface area contributed by atoms with Crippen LogP contribution in [0.3, 0.4) is 0 Å². The molecule has 0 saturated heterocycles. The minimum absolute atomic E-state index is 0.172. The van der Waals surface area contributed by atoms with Crippen molar-refractivity contribution in [1.29, 1.82) is 0 Å². The fraction of sp³-hybridized carbons (Fsp3) is 0.143. The number of nitrogens with zero attached hydrogens (tertiary/aromatic N) is 3. The number of hydrogen-bond donors (Lipinski definition) is 1. The van der Waals surface area contributed by atoms with E-state index in [1.165, 1.54) is 6.07 Å². The highest BCUT2D eigenvalue weighted by Gasteiger charge is 2.31. The molecule has 0 aliphatic heterocycles. The van der Waals surface area contributed by atoms with E-state index in [1.54, 1.807) is 17.7 Å². The van der Waals surface area contributed by atoms with Gasteiger partial charge in [0, 0.05) is 7.05 Å². The van der Waals surface area contributed by atoms with Crippen LogP contribution in [0.1, 0.15) is 5.56 Å². The number of phenolic OH excluding ortho intramolecular Hbond substituents is 1. The van der Waals surface area contributed by atoms with Gasteiger partial charge in [-0.2, -0.15) is 13.2 Å². The van der Waals surface area contributed by atoms with E-state index in [0.717, 1.165) is 6.07 Å². The predicted octanol–water partition coefficient (Wildman–Crippen LogP) is 4.78. The first-order valence-corrected chi connectivity index (χ1v) is 7.44. The van der Waals surface area contributed by atoms with E-state index in [0.29, 0.717) is 21.7 Å². The number of pyridine rings is 1.